The molecular weight excluding hydrogens is 376 g/mol. The van der Waals surface area contributed by atoms with E-state index in [-0.39, 0.29) is 18.0 Å². The molecule has 0 bridgehead atoms. The third-order valence-corrected chi connectivity index (χ3v) is 6.00. The molecule has 0 spiro atoms. The molecule has 1 amide bonds. The first-order valence-electron chi connectivity index (χ1n) is 9.19. The summed E-state index contributed by atoms with van der Waals surface area (Å²) in [5.41, 5.74) is 1.78. The van der Waals surface area contributed by atoms with E-state index in [1.165, 1.54) is 10.4 Å². The summed E-state index contributed by atoms with van der Waals surface area (Å²) in [6, 6.07) is 7.21. The maximum absolute atomic E-state index is 12.5. The van der Waals surface area contributed by atoms with E-state index in [1.807, 2.05) is 30.1 Å². The summed E-state index contributed by atoms with van der Waals surface area (Å²) in [5.74, 6) is 1.12. The molecule has 3 aromatic rings. The van der Waals surface area contributed by atoms with Crippen molar-refractivity contribution in [2.75, 3.05) is 26.0 Å². The number of H-pyrrole nitrogens is 1. The van der Waals surface area contributed by atoms with Crippen molar-refractivity contribution in [3.05, 3.63) is 50.9 Å². The Labute approximate surface area is 166 Å². The van der Waals surface area contributed by atoms with Crippen LogP contribution in [0.2, 0.25) is 0 Å². The summed E-state index contributed by atoms with van der Waals surface area (Å²) in [7, 11) is 3.41. The maximum atomic E-state index is 12.5. The topological polar surface area (TPSA) is 87.3 Å². The van der Waals surface area contributed by atoms with Crippen molar-refractivity contribution in [1.82, 2.24) is 14.9 Å². The number of likely N-dealkylation sites (N-methyl/N-ethyl adjacent to an activating group) is 1. The molecule has 0 saturated heterocycles. The van der Waals surface area contributed by atoms with E-state index in [0.717, 1.165) is 29.5 Å². The van der Waals surface area contributed by atoms with Gasteiger partial charge in [-0.3, -0.25) is 14.5 Å². The van der Waals surface area contributed by atoms with Crippen molar-refractivity contribution in [3.8, 4) is 5.75 Å². The van der Waals surface area contributed by atoms with Crippen LogP contribution >= 0.6 is 11.3 Å². The fourth-order valence-electron chi connectivity index (χ4n) is 3.58. The zero-order chi connectivity index (χ0) is 19.7. The summed E-state index contributed by atoms with van der Waals surface area (Å²) in [6.07, 6.45) is 3.11. The van der Waals surface area contributed by atoms with E-state index in [2.05, 4.69) is 15.3 Å². The molecule has 0 unspecified atom stereocenters. The molecule has 28 heavy (non-hydrogen) atoms. The van der Waals surface area contributed by atoms with Crippen molar-refractivity contribution in [2.45, 2.75) is 25.8 Å². The first kappa shape index (κ1) is 18.6. The van der Waals surface area contributed by atoms with Crippen LogP contribution in [-0.2, 0) is 24.2 Å². The Morgan fingerprint density at radius 1 is 1.39 bits per heavy atom. The third-order valence-electron chi connectivity index (χ3n) is 4.81. The van der Waals surface area contributed by atoms with Crippen molar-refractivity contribution >= 4 is 33.1 Å². The predicted molar refractivity (Wildman–Crippen MR) is 110 cm³/mol. The van der Waals surface area contributed by atoms with E-state index in [9.17, 15) is 9.59 Å². The Morgan fingerprint density at radius 3 is 3.07 bits per heavy atom. The lowest BCUT2D eigenvalue weighted by atomic mass is 10.2. The Morgan fingerprint density at radius 2 is 2.25 bits per heavy atom. The number of carbonyl (C=O) groups is 1. The summed E-state index contributed by atoms with van der Waals surface area (Å²) < 4.78 is 5.16. The van der Waals surface area contributed by atoms with Gasteiger partial charge in [-0.15, -0.1) is 11.3 Å². The van der Waals surface area contributed by atoms with Crippen LogP contribution in [-0.4, -0.2) is 41.5 Å². The number of nitrogens with zero attached hydrogens (tertiary/aromatic N) is 2. The number of thiophene rings is 1. The second-order valence-electron chi connectivity index (χ2n) is 7.00. The molecule has 2 N–H and O–H groups in total. The summed E-state index contributed by atoms with van der Waals surface area (Å²) in [4.78, 5) is 36.3. The number of aryl methyl sites for hydroxylation is 2. The average molecular weight is 398 g/mol. The summed E-state index contributed by atoms with van der Waals surface area (Å²) in [6.45, 7) is 0.569. The number of anilines is 1. The van der Waals surface area contributed by atoms with Gasteiger partial charge >= 0.3 is 0 Å². The third kappa shape index (κ3) is 3.79. The quantitative estimate of drug-likeness (QED) is 0.666. The fraction of sp³-hybridized carbons (Fsp3) is 0.350. The molecule has 1 aromatic carbocycles. The standard InChI is InChI=1S/C20H22N4O3S/c1-24(11-17(25)21-12-5-3-6-13(9-12)27-2)10-16-22-19(26)18-14-7-4-8-15(14)28-20(18)23-16/h3,5-6,9H,4,7-8,10-11H2,1-2H3,(H,21,25)(H,22,23,26). The minimum absolute atomic E-state index is 0.0753. The van der Waals surface area contributed by atoms with Crippen molar-refractivity contribution < 1.29 is 9.53 Å². The molecular formula is C20H22N4O3S. The zero-order valence-corrected chi connectivity index (χ0v) is 16.7. The molecule has 4 rings (SSSR count). The molecule has 1 aliphatic rings. The molecule has 146 valence electrons. The van der Waals surface area contributed by atoms with Gasteiger partial charge in [0.1, 0.15) is 16.4 Å². The monoisotopic (exact) mass is 398 g/mol. The minimum Gasteiger partial charge on any atom is -0.497 e. The van der Waals surface area contributed by atoms with Crippen LogP contribution in [0.1, 0.15) is 22.7 Å². The van der Waals surface area contributed by atoms with Gasteiger partial charge < -0.3 is 15.0 Å². The van der Waals surface area contributed by atoms with Gasteiger partial charge in [-0.05, 0) is 44.0 Å². The Hall–Kier alpha value is -2.71. The Balaban J connectivity index is 1.42. The average Bonchev–Trinajstić information content (AvgIpc) is 3.22. The largest absolute Gasteiger partial charge is 0.497 e. The lowest BCUT2D eigenvalue weighted by Gasteiger charge is -2.16. The van der Waals surface area contributed by atoms with Gasteiger partial charge in [0, 0.05) is 16.6 Å². The molecule has 0 fully saturated rings. The number of aromatic amines is 1. The van der Waals surface area contributed by atoms with Crippen LogP contribution in [0, 0.1) is 0 Å². The normalized spacial score (nSPS) is 13.1. The van der Waals surface area contributed by atoms with Gasteiger partial charge in [0.15, 0.2) is 0 Å². The number of benzene rings is 1. The van der Waals surface area contributed by atoms with Gasteiger partial charge in [-0.1, -0.05) is 6.07 Å². The highest BCUT2D eigenvalue weighted by atomic mass is 32.1. The molecule has 7 nitrogen and oxygen atoms in total. The molecule has 8 heteroatoms. The van der Waals surface area contributed by atoms with Crippen LogP contribution in [0.25, 0.3) is 10.2 Å². The smallest absolute Gasteiger partial charge is 0.259 e. The van der Waals surface area contributed by atoms with E-state index in [1.54, 1.807) is 24.5 Å². The molecule has 2 aromatic heterocycles. The van der Waals surface area contributed by atoms with Gasteiger partial charge in [0.25, 0.3) is 5.56 Å². The van der Waals surface area contributed by atoms with Gasteiger partial charge in [-0.25, -0.2) is 4.98 Å². The predicted octanol–water partition coefficient (Wildman–Crippen LogP) is 2.55. The number of fused-ring (bicyclic) bond motifs is 3. The first-order valence-corrected chi connectivity index (χ1v) is 10.0. The molecule has 0 atom stereocenters. The highest BCUT2D eigenvalue weighted by Crippen LogP contribution is 2.34. The van der Waals surface area contributed by atoms with Crippen LogP contribution in [0.5, 0.6) is 5.75 Å². The zero-order valence-electron chi connectivity index (χ0n) is 15.9. The number of carbonyl (C=O) groups excluding carboxylic acids is 1. The second kappa shape index (κ2) is 7.73. The second-order valence-corrected chi connectivity index (χ2v) is 8.09. The number of amides is 1. The fourth-order valence-corrected chi connectivity index (χ4v) is 4.86. The summed E-state index contributed by atoms with van der Waals surface area (Å²) in [5, 5.41) is 3.60. The number of aromatic nitrogens is 2. The Kier molecular flexibility index (Phi) is 5.15. The number of ether oxygens (including phenoxy) is 1. The van der Waals surface area contributed by atoms with E-state index in [0.29, 0.717) is 23.8 Å². The van der Waals surface area contributed by atoms with Crippen LogP contribution < -0.4 is 15.6 Å². The van der Waals surface area contributed by atoms with Gasteiger partial charge in [0.2, 0.25) is 5.91 Å². The van der Waals surface area contributed by atoms with Crippen molar-refractivity contribution in [2.24, 2.45) is 0 Å². The van der Waals surface area contributed by atoms with Crippen molar-refractivity contribution in [1.29, 1.82) is 0 Å². The highest BCUT2D eigenvalue weighted by molar-refractivity contribution is 7.18. The SMILES string of the molecule is COc1cccc(NC(=O)CN(C)Cc2nc3sc4c(c3c(=O)[nH]2)CCC4)c1. The van der Waals surface area contributed by atoms with Gasteiger partial charge in [0.05, 0.1) is 25.6 Å². The molecule has 0 aliphatic heterocycles. The van der Waals surface area contributed by atoms with Crippen LogP contribution in [0.15, 0.2) is 29.1 Å². The number of rotatable bonds is 6. The Bertz CT molecular complexity index is 1090. The molecule has 1 aliphatic carbocycles. The van der Waals surface area contributed by atoms with Crippen LogP contribution in [0.3, 0.4) is 0 Å². The molecule has 2 heterocycles. The maximum Gasteiger partial charge on any atom is 0.259 e. The number of hydrogen-bond acceptors (Lipinski definition) is 6. The van der Waals surface area contributed by atoms with Crippen LogP contribution in [0.4, 0.5) is 5.69 Å². The first-order chi connectivity index (χ1) is 13.5. The van der Waals surface area contributed by atoms with E-state index >= 15 is 0 Å². The number of methoxy groups -OCH3 is 1. The van der Waals surface area contributed by atoms with E-state index < -0.39 is 0 Å². The lowest BCUT2D eigenvalue weighted by Crippen LogP contribution is -2.31. The molecule has 0 radical (unpaired) electrons. The highest BCUT2D eigenvalue weighted by Gasteiger charge is 2.21. The number of hydrogen-bond donors (Lipinski definition) is 2. The molecule has 0 saturated carbocycles. The van der Waals surface area contributed by atoms with E-state index in [4.69, 9.17) is 4.74 Å². The minimum atomic E-state index is -0.144. The van der Waals surface area contributed by atoms with Crippen molar-refractivity contribution in [3.63, 3.8) is 0 Å². The van der Waals surface area contributed by atoms with Gasteiger partial charge in [-0.2, -0.15) is 0 Å². The lowest BCUT2D eigenvalue weighted by molar-refractivity contribution is -0.117. The summed E-state index contributed by atoms with van der Waals surface area (Å²) >= 11 is 1.62. The number of nitrogens with one attached hydrogen (secondary N) is 2.